The van der Waals surface area contributed by atoms with Gasteiger partial charge in [-0.25, -0.2) is 0 Å². The maximum atomic E-state index is 9.38. The number of nitrogens with zero attached hydrogens (tertiary/aromatic N) is 1. The van der Waals surface area contributed by atoms with Gasteiger partial charge in [-0.2, -0.15) is 5.26 Å². The Morgan fingerprint density at radius 1 is 1.86 bits per heavy atom. The second kappa shape index (κ2) is 5.96. The molecular formula is C3H4NNaO2. The quantitative estimate of drug-likeness (QED) is 0.454. The summed E-state index contributed by atoms with van der Waals surface area (Å²) in [4.78, 5) is 9.38. The molecule has 1 N–H and O–H groups in total. The van der Waals surface area contributed by atoms with Crippen molar-refractivity contribution in [3.05, 3.63) is 0 Å². The zero-order chi connectivity index (χ0) is 4.99. The van der Waals surface area contributed by atoms with Crippen LogP contribution in [0.25, 0.3) is 0 Å². The van der Waals surface area contributed by atoms with Gasteiger partial charge in [0.2, 0.25) is 0 Å². The molecule has 0 aliphatic heterocycles. The number of carboxylic acids is 1. The molecule has 0 aromatic heterocycles. The van der Waals surface area contributed by atoms with Crippen molar-refractivity contribution in [2.24, 2.45) is 0 Å². The van der Waals surface area contributed by atoms with Crippen LogP contribution in [0, 0.1) is 11.3 Å². The SMILES string of the molecule is N#CCC(=O)O.[NaH]. The molecule has 0 aliphatic carbocycles. The topological polar surface area (TPSA) is 61.1 Å². The molecule has 34 valence electrons. The van der Waals surface area contributed by atoms with Gasteiger partial charge in [0, 0.05) is 0 Å². The minimum absolute atomic E-state index is 0. The Hall–Kier alpha value is -0.0400. The summed E-state index contributed by atoms with van der Waals surface area (Å²) in [6, 6.07) is 1.47. The molecule has 0 radical (unpaired) electrons. The number of rotatable bonds is 1. The van der Waals surface area contributed by atoms with Crippen molar-refractivity contribution in [1.29, 1.82) is 5.26 Å². The van der Waals surface area contributed by atoms with Crippen LogP contribution in [0.5, 0.6) is 0 Å². The van der Waals surface area contributed by atoms with Gasteiger partial charge in [-0.15, -0.1) is 0 Å². The van der Waals surface area contributed by atoms with Gasteiger partial charge < -0.3 is 5.11 Å². The van der Waals surface area contributed by atoms with Crippen molar-refractivity contribution in [2.45, 2.75) is 6.42 Å². The first kappa shape index (κ1) is 10.0. The van der Waals surface area contributed by atoms with E-state index in [9.17, 15) is 4.79 Å². The van der Waals surface area contributed by atoms with Crippen molar-refractivity contribution >= 4 is 35.5 Å². The van der Waals surface area contributed by atoms with E-state index in [1.54, 1.807) is 0 Å². The maximum absolute atomic E-state index is 9.38. The standard InChI is InChI=1S/C3H3NO2.Na.H/c4-2-1-3(5)6;;/h1H2,(H,5,6);;. The number of hydrogen-bond donors (Lipinski definition) is 1. The predicted octanol–water partition coefficient (Wildman–Crippen LogP) is -0.664. The van der Waals surface area contributed by atoms with Gasteiger partial charge in [-0.05, 0) is 0 Å². The van der Waals surface area contributed by atoms with Gasteiger partial charge in [0.15, 0.2) is 0 Å². The molecule has 0 heterocycles. The van der Waals surface area contributed by atoms with E-state index < -0.39 is 12.4 Å². The summed E-state index contributed by atoms with van der Waals surface area (Å²) in [5.74, 6) is -1.07. The van der Waals surface area contributed by atoms with Gasteiger partial charge >= 0.3 is 35.5 Å². The van der Waals surface area contributed by atoms with Crippen molar-refractivity contribution < 1.29 is 9.90 Å². The molecule has 0 rings (SSSR count). The molecule has 0 aliphatic rings. The molecule has 0 spiro atoms. The van der Waals surface area contributed by atoms with Crippen LogP contribution in [0.4, 0.5) is 0 Å². The van der Waals surface area contributed by atoms with E-state index in [1.807, 2.05) is 0 Å². The fourth-order valence-corrected chi connectivity index (χ4v) is 0.0676. The van der Waals surface area contributed by atoms with Crippen LogP contribution in [0.2, 0.25) is 0 Å². The van der Waals surface area contributed by atoms with Crippen molar-refractivity contribution in [2.75, 3.05) is 0 Å². The van der Waals surface area contributed by atoms with Gasteiger partial charge in [-0.1, -0.05) is 0 Å². The van der Waals surface area contributed by atoms with Gasteiger partial charge in [0.05, 0.1) is 6.07 Å². The van der Waals surface area contributed by atoms with E-state index >= 15 is 0 Å². The molecule has 0 atom stereocenters. The summed E-state index contributed by atoms with van der Waals surface area (Å²) >= 11 is 0. The number of hydrogen-bond acceptors (Lipinski definition) is 2. The summed E-state index contributed by atoms with van der Waals surface area (Å²) in [5, 5.41) is 15.3. The third-order valence-corrected chi connectivity index (χ3v) is 0.230. The summed E-state index contributed by atoms with van der Waals surface area (Å²) < 4.78 is 0. The van der Waals surface area contributed by atoms with Crippen LogP contribution >= 0.6 is 0 Å². The van der Waals surface area contributed by atoms with Gasteiger partial charge in [-0.3, -0.25) is 4.79 Å². The summed E-state index contributed by atoms with van der Waals surface area (Å²) in [5.41, 5.74) is 0. The second-order valence-electron chi connectivity index (χ2n) is 0.729. The van der Waals surface area contributed by atoms with Gasteiger partial charge in [0.25, 0.3) is 0 Å². The van der Waals surface area contributed by atoms with Crippen LogP contribution in [-0.4, -0.2) is 40.6 Å². The molecule has 0 saturated heterocycles. The van der Waals surface area contributed by atoms with E-state index in [-0.39, 0.29) is 29.6 Å². The van der Waals surface area contributed by atoms with Crippen LogP contribution in [0.15, 0.2) is 0 Å². The average molecular weight is 109 g/mol. The molecule has 3 nitrogen and oxygen atoms in total. The third-order valence-electron chi connectivity index (χ3n) is 0.230. The predicted molar refractivity (Wildman–Crippen MR) is 25.0 cm³/mol. The number of carbonyl (C=O) groups is 1. The Kier molecular flexibility index (Phi) is 8.56. The molecule has 4 heteroatoms. The van der Waals surface area contributed by atoms with E-state index in [1.165, 1.54) is 6.07 Å². The molecule has 0 saturated carbocycles. The number of aliphatic carboxylic acids is 1. The minimum atomic E-state index is -1.07. The van der Waals surface area contributed by atoms with E-state index in [0.29, 0.717) is 0 Å². The Morgan fingerprint density at radius 2 is 2.29 bits per heavy atom. The average Bonchev–Trinajstić information content (AvgIpc) is 1.35. The molecule has 0 amide bonds. The Labute approximate surface area is 63.2 Å². The Morgan fingerprint density at radius 3 is 2.29 bits per heavy atom. The molecule has 7 heavy (non-hydrogen) atoms. The second-order valence-corrected chi connectivity index (χ2v) is 0.729. The fourth-order valence-electron chi connectivity index (χ4n) is 0.0676. The summed E-state index contributed by atoms with van der Waals surface area (Å²) in [6.07, 6.45) is -0.403. The first-order valence-electron chi connectivity index (χ1n) is 1.36. The fraction of sp³-hybridized carbons (Fsp3) is 0.333. The third kappa shape index (κ3) is 10.7. The Balaban J connectivity index is 0. The van der Waals surface area contributed by atoms with Crippen LogP contribution < -0.4 is 0 Å². The molecule has 0 aromatic rings. The molecule has 0 aromatic carbocycles. The van der Waals surface area contributed by atoms with Crippen LogP contribution in [-0.2, 0) is 4.79 Å². The zero-order valence-corrected chi connectivity index (χ0v) is 3.01. The normalized spacial score (nSPS) is 5.57. The van der Waals surface area contributed by atoms with Gasteiger partial charge in [0.1, 0.15) is 6.42 Å². The summed E-state index contributed by atoms with van der Waals surface area (Å²) in [7, 11) is 0. The summed E-state index contributed by atoms with van der Waals surface area (Å²) in [6.45, 7) is 0. The zero-order valence-electron chi connectivity index (χ0n) is 3.01. The van der Waals surface area contributed by atoms with E-state index in [0.717, 1.165) is 0 Å². The molecule has 0 bridgehead atoms. The van der Waals surface area contributed by atoms with Crippen LogP contribution in [0.3, 0.4) is 0 Å². The van der Waals surface area contributed by atoms with Crippen molar-refractivity contribution in [3.8, 4) is 6.07 Å². The molecule has 0 unspecified atom stereocenters. The number of carboxylic acid groups (broad SMARTS) is 1. The molecular weight excluding hydrogens is 105 g/mol. The molecule has 0 fully saturated rings. The number of nitriles is 1. The van der Waals surface area contributed by atoms with Crippen molar-refractivity contribution in [1.82, 2.24) is 0 Å². The first-order valence-corrected chi connectivity index (χ1v) is 1.36. The van der Waals surface area contributed by atoms with E-state index in [4.69, 9.17) is 10.4 Å². The Bertz CT molecular complexity index is 95.6. The van der Waals surface area contributed by atoms with E-state index in [2.05, 4.69) is 0 Å². The first-order chi connectivity index (χ1) is 2.77. The van der Waals surface area contributed by atoms with Crippen LogP contribution in [0.1, 0.15) is 6.42 Å². The van der Waals surface area contributed by atoms with Crippen molar-refractivity contribution in [3.63, 3.8) is 0 Å². The monoisotopic (exact) mass is 109 g/mol.